The fraction of sp³-hybridized carbons (Fsp3) is 0.231. The van der Waals surface area contributed by atoms with Gasteiger partial charge in [-0.1, -0.05) is 23.4 Å². The van der Waals surface area contributed by atoms with Crippen LogP contribution in [-0.2, 0) is 12.3 Å². The number of benzene rings is 1. The maximum absolute atomic E-state index is 12.1. The minimum absolute atomic E-state index is 0.171. The van der Waals surface area contributed by atoms with Gasteiger partial charge in [0.25, 0.3) is 5.76 Å². The maximum Gasteiger partial charge on any atom is 0.284 e. The predicted octanol–water partition coefficient (Wildman–Crippen LogP) is 5.76. The molecule has 0 fully saturated rings. The van der Waals surface area contributed by atoms with E-state index in [0.29, 0.717) is 34.8 Å². The molecule has 0 amide bonds. The van der Waals surface area contributed by atoms with E-state index in [1.165, 1.54) is 0 Å². The zero-order valence-corrected chi connectivity index (χ0v) is 13.4. The number of rotatable bonds is 6. The minimum Gasteiger partial charge on any atom is -0.463 e. The maximum atomic E-state index is 12.1. The van der Waals surface area contributed by atoms with Crippen molar-refractivity contribution in [2.45, 2.75) is 18.1 Å². The highest BCUT2D eigenvalue weighted by molar-refractivity contribution is 9.10. The lowest BCUT2D eigenvalue weighted by molar-refractivity contribution is 0.251. The SMILES string of the molecule is FC(F)SCc1ccc(CNc2ccc(Cl)c(Br)c2)o1. The summed E-state index contributed by atoms with van der Waals surface area (Å²) in [4.78, 5) is 0. The molecule has 2 rings (SSSR count). The topological polar surface area (TPSA) is 25.2 Å². The first kappa shape index (κ1) is 15.7. The lowest BCUT2D eigenvalue weighted by atomic mass is 10.3. The quantitative estimate of drug-likeness (QED) is 0.687. The molecule has 1 N–H and O–H groups in total. The standard InChI is InChI=1S/C13H11BrClF2NOS/c14-11-5-8(1-4-12(11)15)18-6-9-2-3-10(19-9)7-20-13(16)17/h1-5,13,18H,6-7H2. The first-order chi connectivity index (χ1) is 9.54. The fourth-order valence-corrected chi connectivity index (χ4v) is 2.48. The fourth-order valence-electron chi connectivity index (χ4n) is 1.54. The van der Waals surface area contributed by atoms with E-state index in [-0.39, 0.29) is 5.75 Å². The van der Waals surface area contributed by atoms with E-state index >= 15 is 0 Å². The van der Waals surface area contributed by atoms with E-state index in [2.05, 4.69) is 21.2 Å². The highest BCUT2D eigenvalue weighted by atomic mass is 79.9. The van der Waals surface area contributed by atoms with Crippen LogP contribution in [0.1, 0.15) is 11.5 Å². The molecule has 0 bridgehead atoms. The average Bonchev–Trinajstić information content (AvgIpc) is 2.86. The van der Waals surface area contributed by atoms with Crippen molar-refractivity contribution in [2.75, 3.05) is 5.32 Å². The summed E-state index contributed by atoms with van der Waals surface area (Å²) < 4.78 is 30.4. The summed E-state index contributed by atoms with van der Waals surface area (Å²) >= 11 is 9.79. The molecule has 0 unspecified atom stereocenters. The van der Waals surface area contributed by atoms with Crippen molar-refractivity contribution < 1.29 is 13.2 Å². The predicted molar refractivity (Wildman–Crippen MR) is 82.5 cm³/mol. The molecule has 1 aromatic carbocycles. The Kier molecular flexibility index (Phi) is 5.74. The van der Waals surface area contributed by atoms with Crippen LogP contribution in [0.15, 0.2) is 39.2 Å². The van der Waals surface area contributed by atoms with Crippen LogP contribution in [0.3, 0.4) is 0 Å². The van der Waals surface area contributed by atoms with E-state index in [1.54, 1.807) is 18.2 Å². The van der Waals surface area contributed by atoms with E-state index in [4.69, 9.17) is 16.0 Å². The van der Waals surface area contributed by atoms with Crippen LogP contribution >= 0.6 is 39.3 Å². The van der Waals surface area contributed by atoms with Crippen molar-refractivity contribution in [1.82, 2.24) is 0 Å². The van der Waals surface area contributed by atoms with Crippen molar-refractivity contribution in [3.8, 4) is 0 Å². The van der Waals surface area contributed by atoms with Crippen LogP contribution in [0, 0.1) is 0 Å². The second kappa shape index (κ2) is 7.33. The van der Waals surface area contributed by atoms with E-state index in [0.717, 1.165) is 10.2 Å². The monoisotopic (exact) mass is 381 g/mol. The molecule has 0 radical (unpaired) electrons. The number of thioether (sulfide) groups is 1. The highest BCUT2D eigenvalue weighted by Gasteiger charge is 2.07. The van der Waals surface area contributed by atoms with Crippen molar-refractivity contribution in [3.05, 3.63) is 51.3 Å². The normalized spacial score (nSPS) is 11.1. The van der Waals surface area contributed by atoms with Crippen LogP contribution in [-0.4, -0.2) is 5.76 Å². The number of anilines is 1. The molecule has 0 aliphatic rings. The van der Waals surface area contributed by atoms with Gasteiger partial charge in [0, 0.05) is 10.2 Å². The molecule has 0 aliphatic heterocycles. The van der Waals surface area contributed by atoms with Gasteiger partial charge in [-0.2, -0.15) is 8.78 Å². The smallest absolute Gasteiger partial charge is 0.284 e. The zero-order valence-electron chi connectivity index (χ0n) is 10.2. The van der Waals surface area contributed by atoms with Gasteiger partial charge in [-0.3, -0.25) is 0 Å². The number of nitrogens with one attached hydrogen (secondary N) is 1. The zero-order chi connectivity index (χ0) is 14.5. The van der Waals surface area contributed by atoms with Crippen molar-refractivity contribution in [3.63, 3.8) is 0 Å². The van der Waals surface area contributed by atoms with Gasteiger partial charge >= 0.3 is 0 Å². The second-order valence-corrected chi connectivity index (χ2v) is 6.16. The molecule has 0 saturated carbocycles. The first-order valence-corrected chi connectivity index (χ1v) is 7.93. The van der Waals surface area contributed by atoms with Crippen LogP contribution < -0.4 is 5.32 Å². The van der Waals surface area contributed by atoms with Gasteiger partial charge in [0.05, 0.1) is 17.3 Å². The Bertz CT molecular complexity index is 579. The van der Waals surface area contributed by atoms with Crippen LogP contribution in [0.4, 0.5) is 14.5 Å². The molecule has 0 atom stereocenters. The summed E-state index contributed by atoms with van der Waals surface area (Å²) in [5.74, 6) is -0.970. The highest BCUT2D eigenvalue weighted by Crippen LogP contribution is 2.26. The molecule has 2 aromatic rings. The van der Waals surface area contributed by atoms with Gasteiger partial charge in [-0.25, -0.2) is 0 Å². The van der Waals surface area contributed by atoms with Gasteiger partial charge < -0.3 is 9.73 Å². The van der Waals surface area contributed by atoms with Gasteiger partial charge in [0.1, 0.15) is 11.5 Å². The molecule has 0 aliphatic carbocycles. The summed E-state index contributed by atoms with van der Waals surface area (Å²) in [5, 5.41) is 3.81. The number of hydrogen-bond donors (Lipinski definition) is 1. The Hall–Kier alpha value is -0.720. The number of halogens is 4. The molecule has 0 spiro atoms. The van der Waals surface area contributed by atoms with Gasteiger partial charge in [0.15, 0.2) is 0 Å². The molecule has 7 heteroatoms. The molecule has 1 heterocycles. The lowest BCUT2D eigenvalue weighted by Crippen LogP contribution is -1.97. The van der Waals surface area contributed by atoms with E-state index in [9.17, 15) is 8.78 Å². The van der Waals surface area contributed by atoms with E-state index in [1.807, 2.05) is 12.1 Å². The summed E-state index contributed by atoms with van der Waals surface area (Å²) in [6.07, 6.45) is 0. The molecule has 2 nitrogen and oxygen atoms in total. The summed E-state index contributed by atoms with van der Waals surface area (Å²) in [7, 11) is 0. The Labute approximate surface area is 133 Å². The van der Waals surface area contributed by atoms with Crippen molar-refractivity contribution >= 4 is 45.0 Å². The largest absolute Gasteiger partial charge is 0.463 e. The van der Waals surface area contributed by atoms with Crippen LogP contribution in [0.5, 0.6) is 0 Å². The summed E-state index contributed by atoms with van der Waals surface area (Å²) in [6.45, 7) is 0.480. The van der Waals surface area contributed by atoms with E-state index < -0.39 is 5.76 Å². The summed E-state index contributed by atoms with van der Waals surface area (Å²) in [5.41, 5.74) is 0.890. The third kappa shape index (κ3) is 4.68. The van der Waals surface area contributed by atoms with Crippen LogP contribution in [0.25, 0.3) is 0 Å². The Morgan fingerprint density at radius 3 is 2.70 bits per heavy atom. The van der Waals surface area contributed by atoms with Gasteiger partial charge in [-0.05, 0) is 46.3 Å². The Morgan fingerprint density at radius 1 is 1.25 bits per heavy atom. The van der Waals surface area contributed by atoms with Gasteiger partial charge in [0.2, 0.25) is 0 Å². The number of hydrogen-bond acceptors (Lipinski definition) is 3. The molecule has 1 aromatic heterocycles. The molecule has 20 heavy (non-hydrogen) atoms. The molecule has 0 saturated heterocycles. The minimum atomic E-state index is -2.38. The first-order valence-electron chi connectivity index (χ1n) is 5.71. The van der Waals surface area contributed by atoms with Crippen molar-refractivity contribution in [1.29, 1.82) is 0 Å². The van der Waals surface area contributed by atoms with Crippen LogP contribution in [0.2, 0.25) is 5.02 Å². The summed E-state index contributed by atoms with van der Waals surface area (Å²) in [6, 6.07) is 8.98. The second-order valence-electron chi connectivity index (χ2n) is 3.92. The molecule has 108 valence electrons. The molecular formula is C13H11BrClF2NOS. The van der Waals surface area contributed by atoms with Crippen molar-refractivity contribution in [2.24, 2.45) is 0 Å². The third-order valence-corrected chi connectivity index (χ3v) is 4.37. The number of furan rings is 1. The third-order valence-electron chi connectivity index (χ3n) is 2.46. The Balaban J connectivity index is 1.89. The molecular weight excluding hydrogens is 372 g/mol. The van der Waals surface area contributed by atoms with Gasteiger partial charge in [-0.15, -0.1) is 0 Å². The number of alkyl halides is 2. The lowest BCUT2D eigenvalue weighted by Gasteiger charge is -2.05. The Morgan fingerprint density at radius 2 is 2.00 bits per heavy atom. The average molecular weight is 383 g/mol.